The second kappa shape index (κ2) is 7.11. The van der Waals surface area contributed by atoms with Gasteiger partial charge in [0.05, 0.1) is 5.41 Å². The molecule has 26 heavy (non-hydrogen) atoms. The molecule has 1 aliphatic rings. The number of carbonyl (C=O) groups excluding carboxylic acids is 2. The molecule has 3 rings (SSSR count). The smallest absolute Gasteiger partial charge is 0.310 e. The number of hydrogen-bond donors (Lipinski definition) is 2. The van der Waals surface area contributed by atoms with Crippen LogP contribution in [0.3, 0.4) is 0 Å². The fraction of sp³-hybridized carbons (Fsp3) is 0.368. The molecular formula is C19H21N3O4. The lowest BCUT2D eigenvalue weighted by Gasteiger charge is -2.22. The fourth-order valence-corrected chi connectivity index (χ4v) is 3.45. The summed E-state index contributed by atoms with van der Waals surface area (Å²) >= 11 is 0. The molecule has 1 fully saturated rings. The predicted molar refractivity (Wildman–Crippen MR) is 94.9 cm³/mol. The van der Waals surface area contributed by atoms with E-state index in [-0.39, 0.29) is 18.1 Å². The number of ketones is 1. The van der Waals surface area contributed by atoms with Crippen molar-refractivity contribution >= 4 is 23.3 Å². The van der Waals surface area contributed by atoms with Crippen molar-refractivity contribution in [2.45, 2.75) is 32.1 Å². The second-order valence-corrected chi connectivity index (χ2v) is 6.79. The van der Waals surface area contributed by atoms with Crippen molar-refractivity contribution in [3.63, 3.8) is 0 Å². The fourth-order valence-electron chi connectivity index (χ4n) is 3.45. The number of aliphatic carboxylic acids is 1. The van der Waals surface area contributed by atoms with Crippen molar-refractivity contribution < 1.29 is 19.5 Å². The molecule has 0 radical (unpaired) electrons. The van der Waals surface area contributed by atoms with Crippen LogP contribution in [0.1, 0.15) is 48.3 Å². The van der Waals surface area contributed by atoms with E-state index in [4.69, 9.17) is 0 Å². The quantitative estimate of drug-likeness (QED) is 0.776. The summed E-state index contributed by atoms with van der Waals surface area (Å²) in [6, 6.07) is 6.51. The Labute approximate surface area is 151 Å². The molecule has 7 heteroatoms. The van der Waals surface area contributed by atoms with Crippen molar-refractivity contribution in [3.8, 4) is 0 Å². The summed E-state index contributed by atoms with van der Waals surface area (Å²) in [5, 5.41) is 12.2. The van der Waals surface area contributed by atoms with E-state index in [0.29, 0.717) is 29.9 Å². The standard InChI is InChI=1S/C19H21N3O4/c1-22-11-10-20-17(22)16(24)13-4-6-14(7-5-13)21-15(23)12-19(18(25)26)8-2-3-9-19/h4-7,10-11H,2-3,8-9,12H2,1H3,(H,21,23)(H,25,26). The zero-order valence-corrected chi connectivity index (χ0v) is 14.6. The molecule has 136 valence electrons. The third-order valence-electron chi connectivity index (χ3n) is 4.97. The highest BCUT2D eigenvalue weighted by Gasteiger charge is 2.42. The maximum atomic E-state index is 12.4. The van der Waals surface area contributed by atoms with Crippen LogP contribution in [0.4, 0.5) is 5.69 Å². The van der Waals surface area contributed by atoms with Crippen LogP contribution in [-0.2, 0) is 16.6 Å². The number of carbonyl (C=O) groups is 3. The number of aromatic nitrogens is 2. The zero-order valence-electron chi connectivity index (χ0n) is 14.6. The van der Waals surface area contributed by atoms with Crippen LogP contribution < -0.4 is 5.32 Å². The van der Waals surface area contributed by atoms with Gasteiger partial charge in [-0.1, -0.05) is 12.8 Å². The van der Waals surface area contributed by atoms with E-state index < -0.39 is 11.4 Å². The van der Waals surface area contributed by atoms with Crippen molar-refractivity contribution in [1.29, 1.82) is 0 Å². The first kappa shape index (κ1) is 17.8. The topological polar surface area (TPSA) is 101 Å². The largest absolute Gasteiger partial charge is 0.481 e. The molecule has 0 atom stereocenters. The summed E-state index contributed by atoms with van der Waals surface area (Å²) in [7, 11) is 1.75. The monoisotopic (exact) mass is 355 g/mol. The summed E-state index contributed by atoms with van der Waals surface area (Å²) in [6.45, 7) is 0. The van der Waals surface area contributed by atoms with E-state index in [1.54, 1.807) is 48.3 Å². The summed E-state index contributed by atoms with van der Waals surface area (Å²) < 4.78 is 1.64. The third-order valence-corrected chi connectivity index (χ3v) is 4.97. The van der Waals surface area contributed by atoms with E-state index in [0.717, 1.165) is 12.8 Å². The Morgan fingerprint density at radius 1 is 1.19 bits per heavy atom. The van der Waals surface area contributed by atoms with Gasteiger partial charge < -0.3 is 15.0 Å². The minimum Gasteiger partial charge on any atom is -0.481 e. The Balaban J connectivity index is 1.66. The molecule has 1 amide bonds. The molecule has 2 N–H and O–H groups in total. The van der Waals surface area contributed by atoms with Crippen molar-refractivity contribution in [2.75, 3.05) is 5.32 Å². The van der Waals surface area contributed by atoms with Crippen LogP contribution >= 0.6 is 0 Å². The summed E-state index contributed by atoms with van der Waals surface area (Å²) in [4.78, 5) is 40.2. The Morgan fingerprint density at radius 3 is 2.38 bits per heavy atom. The van der Waals surface area contributed by atoms with Crippen LogP contribution in [0.5, 0.6) is 0 Å². The van der Waals surface area contributed by atoms with E-state index in [9.17, 15) is 19.5 Å². The van der Waals surface area contributed by atoms with E-state index in [1.165, 1.54) is 0 Å². The van der Waals surface area contributed by atoms with Crippen LogP contribution in [0.15, 0.2) is 36.7 Å². The molecule has 0 aliphatic heterocycles. The summed E-state index contributed by atoms with van der Waals surface area (Å²) in [5.74, 6) is -1.09. The van der Waals surface area contributed by atoms with E-state index in [1.807, 2.05) is 0 Å². The number of nitrogens with zero attached hydrogens (tertiary/aromatic N) is 2. The molecule has 1 aromatic carbocycles. The zero-order chi connectivity index (χ0) is 18.7. The first-order chi connectivity index (χ1) is 12.4. The maximum Gasteiger partial charge on any atom is 0.310 e. The highest BCUT2D eigenvalue weighted by atomic mass is 16.4. The number of benzene rings is 1. The van der Waals surface area contributed by atoms with E-state index >= 15 is 0 Å². The first-order valence-electron chi connectivity index (χ1n) is 8.57. The number of nitrogens with one attached hydrogen (secondary N) is 1. The number of carboxylic acids is 1. The maximum absolute atomic E-state index is 12.4. The summed E-state index contributed by atoms with van der Waals surface area (Å²) in [6.07, 6.45) is 5.97. The van der Waals surface area contributed by atoms with Gasteiger partial charge in [-0.3, -0.25) is 14.4 Å². The Morgan fingerprint density at radius 2 is 1.85 bits per heavy atom. The second-order valence-electron chi connectivity index (χ2n) is 6.79. The van der Waals surface area contributed by atoms with Gasteiger partial charge in [-0.25, -0.2) is 4.98 Å². The molecule has 1 aliphatic carbocycles. The molecule has 1 saturated carbocycles. The average Bonchev–Trinajstić information content (AvgIpc) is 3.24. The number of aryl methyl sites for hydroxylation is 1. The van der Waals surface area contributed by atoms with Gasteiger partial charge in [-0.2, -0.15) is 0 Å². The number of carboxylic acid groups (broad SMARTS) is 1. The number of anilines is 1. The van der Waals surface area contributed by atoms with Gasteiger partial charge >= 0.3 is 5.97 Å². The minimum absolute atomic E-state index is 0.0315. The van der Waals surface area contributed by atoms with Gasteiger partial charge in [0.1, 0.15) is 0 Å². The summed E-state index contributed by atoms with van der Waals surface area (Å²) in [5.41, 5.74) is 0.0538. The van der Waals surface area contributed by atoms with Gasteiger partial charge in [0, 0.05) is 37.1 Å². The van der Waals surface area contributed by atoms with Crippen LogP contribution in [0.25, 0.3) is 0 Å². The molecular weight excluding hydrogens is 334 g/mol. The minimum atomic E-state index is -0.946. The van der Waals surface area contributed by atoms with Gasteiger partial charge in [0.25, 0.3) is 0 Å². The van der Waals surface area contributed by atoms with Crippen molar-refractivity contribution in [3.05, 3.63) is 48.0 Å². The van der Waals surface area contributed by atoms with E-state index in [2.05, 4.69) is 10.3 Å². The van der Waals surface area contributed by atoms with Crippen molar-refractivity contribution in [2.24, 2.45) is 12.5 Å². The highest BCUT2D eigenvalue weighted by Crippen LogP contribution is 2.41. The lowest BCUT2D eigenvalue weighted by Crippen LogP contribution is -2.32. The normalized spacial score (nSPS) is 15.6. The number of rotatable bonds is 6. The number of hydrogen-bond acceptors (Lipinski definition) is 4. The van der Waals surface area contributed by atoms with Crippen molar-refractivity contribution in [1.82, 2.24) is 9.55 Å². The molecule has 0 saturated heterocycles. The van der Waals surface area contributed by atoms with Gasteiger partial charge in [0.2, 0.25) is 11.7 Å². The Kier molecular flexibility index (Phi) is 4.88. The Hall–Kier alpha value is -2.96. The molecule has 7 nitrogen and oxygen atoms in total. The average molecular weight is 355 g/mol. The van der Waals surface area contributed by atoms with Gasteiger partial charge in [-0.05, 0) is 37.1 Å². The van der Waals surface area contributed by atoms with Gasteiger partial charge in [-0.15, -0.1) is 0 Å². The number of imidazole rings is 1. The Bertz CT molecular complexity index is 833. The SMILES string of the molecule is Cn1ccnc1C(=O)c1ccc(NC(=O)CC2(C(=O)O)CCCC2)cc1. The lowest BCUT2D eigenvalue weighted by molar-refractivity contribution is -0.150. The van der Waals surface area contributed by atoms with Gasteiger partial charge in [0.15, 0.2) is 5.82 Å². The third kappa shape index (κ3) is 3.51. The van der Waals surface area contributed by atoms with Crippen LogP contribution in [0.2, 0.25) is 0 Å². The molecule has 0 unspecified atom stereocenters. The molecule has 1 heterocycles. The lowest BCUT2D eigenvalue weighted by atomic mass is 9.82. The van der Waals surface area contributed by atoms with Crippen LogP contribution in [-0.4, -0.2) is 32.3 Å². The molecule has 0 bridgehead atoms. The number of amides is 1. The molecule has 2 aromatic rings. The predicted octanol–water partition coefficient (Wildman–Crippen LogP) is 2.62. The molecule has 1 aromatic heterocycles. The highest BCUT2D eigenvalue weighted by molar-refractivity contribution is 6.07. The first-order valence-corrected chi connectivity index (χ1v) is 8.57. The van der Waals surface area contributed by atoms with Crippen LogP contribution in [0, 0.1) is 5.41 Å². The molecule has 0 spiro atoms.